The molecule has 2 amide bonds. The van der Waals surface area contributed by atoms with Gasteiger partial charge in [-0.05, 0) is 20.3 Å². The van der Waals surface area contributed by atoms with Gasteiger partial charge < -0.3 is 15.2 Å². The fourth-order valence-electron chi connectivity index (χ4n) is 1.98. The van der Waals surface area contributed by atoms with E-state index in [1.807, 2.05) is 13.8 Å². The second kappa shape index (κ2) is 7.17. The summed E-state index contributed by atoms with van der Waals surface area (Å²) in [6, 6.07) is 0. The predicted molar refractivity (Wildman–Crippen MR) is 82.8 cm³/mol. The lowest BCUT2D eigenvalue weighted by molar-refractivity contribution is -0.120. The van der Waals surface area contributed by atoms with E-state index in [4.69, 9.17) is 4.52 Å². The van der Waals surface area contributed by atoms with Crippen molar-refractivity contribution in [1.29, 1.82) is 0 Å². The molecule has 0 radical (unpaired) electrons. The number of likely N-dealkylation sites (N-methyl/N-ethyl adjacent to an activating group) is 1. The number of carbonyl (C=O) groups is 2. The number of aromatic nitrogens is 2. The third-order valence-electron chi connectivity index (χ3n) is 3.20. The van der Waals surface area contributed by atoms with E-state index in [2.05, 4.69) is 20.8 Å². The summed E-state index contributed by atoms with van der Waals surface area (Å²) in [5.74, 6) is 0.509. The first-order valence-electron chi connectivity index (χ1n) is 6.86. The molecule has 118 valence electrons. The van der Waals surface area contributed by atoms with Gasteiger partial charge in [-0.3, -0.25) is 9.59 Å². The lowest BCUT2D eigenvalue weighted by Gasteiger charge is -2.01. The third kappa shape index (κ3) is 4.14. The zero-order chi connectivity index (χ0) is 16.1. The van der Waals surface area contributed by atoms with E-state index in [9.17, 15) is 9.59 Å². The Labute approximate surface area is 132 Å². The lowest BCUT2D eigenvalue weighted by atomic mass is 10.1. The summed E-state index contributed by atoms with van der Waals surface area (Å²) >= 11 is 1.31. The number of rotatable bonds is 6. The molecule has 0 atom stereocenters. The van der Waals surface area contributed by atoms with Crippen LogP contribution in [0.2, 0.25) is 0 Å². The van der Waals surface area contributed by atoms with Crippen LogP contribution >= 0.6 is 11.3 Å². The molecule has 0 fully saturated rings. The van der Waals surface area contributed by atoms with Crippen molar-refractivity contribution in [2.24, 2.45) is 0 Å². The molecule has 2 aromatic rings. The van der Waals surface area contributed by atoms with Crippen molar-refractivity contribution in [3.8, 4) is 0 Å². The Morgan fingerprint density at radius 3 is 2.73 bits per heavy atom. The van der Waals surface area contributed by atoms with Crippen LogP contribution < -0.4 is 10.6 Å². The van der Waals surface area contributed by atoms with E-state index in [-0.39, 0.29) is 18.2 Å². The Morgan fingerprint density at radius 1 is 1.32 bits per heavy atom. The van der Waals surface area contributed by atoms with Crippen molar-refractivity contribution in [1.82, 2.24) is 15.5 Å². The Balaban J connectivity index is 1.86. The zero-order valence-corrected chi connectivity index (χ0v) is 13.5. The molecular weight excluding hydrogens is 304 g/mol. The molecule has 0 aliphatic heterocycles. The standard InChI is InChI=1S/C14H18N4O3S/c1-8-11(9(2)21-18-8)4-5-12(19)17-14-16-10(7-22-14)6-13(20)15-3/h7H,4-6H2,1-3H3,(H,15,20)(H,16,17,19). The fourth-order valence-corrected chi connectivity index (χ4v) is 2.70. The average Bonchev–Trinajstić information content (AvgIpc) is 3.04. The van der Waals surface area contributed by atoms with Gasteiger partial charge in [-0.1, -0.05) is 5.16 Å². The maximum absolute atomic E-state index is 11.9. The SMILES string of the molecule is CNC(=O)Cc1csc(NC(=O)CCc2c(C)noc2C)n1. The van der Waals surface area contributed by atoms with E-state index in [0.29, 0.717) is 23.7 Å². The molecule has 0 aromatic carbocycles. The molecule has 0 bridgehead atoms. The summed E-state index contributed by atoms with van der Waals surface area (Å²) < 4.78 is 5.07. The van der Waals surface area contributed by atoms with E-state index < -0.39 is 0 Å². The van der Waals surface area contributed by atoms with Gasteiger partial charge in [0, 0.05) is 24.4 Å². The Bertz CT molecular complexity index is 658. The van der Waals surface area contributed by atoms with Crippen molar-refractivity contribution in [3.05, 3.63) is 28.1 Å². The summed E-state index contributed by atoms with van der Waals surface area (Å²) in [7, 11) is 1.58. The highest BCUT2D eigenvalue weighted by Crippen LogP contribution is 2.18. The highest BCUT2D eigenvalue weighted by molar-refractivity contribution is 7.13. The van der Waals surface area contributed by atoms with E-state index >= 15 is 0 Å². The number of aryl methyl sites for hydroxylation is 2. The summed E-state index contributed by atoms with van der Waals surface area (Å²) in [6.45, 7) is 3.69. The molecule has 0 saturated carbocycles. The topological polar surface area (TPSA) is 97.1 Å². The van der Waals surface area contributed by atoms with Gasteiger partial charge in [0.2, 0.25) is 11.8 Å². The van der Waals surface area contributed by atoms with E-state index in [0.717, 1.165) is 17.0 Å². The van der Waals surface area contributed by atoms with Crippen molar-refractivity contribution in [3.63, 3.8) is 0 Å². The Morgan fingerprint density at radius 2 is 2.09 bits per heavy atom. The quantitative estimate of drug-likeness (QED) is 0.842. The molecule has 22 heavy (non-hydrogen) atoms. The molecule has 8 heteroatoms. The molecule has 7 nitrogen and oxygen atoms in total. The van der Waals surface area contributed by atoms with Crippen LogP contribution in [0.1, 0.15) is 29.1 Å². The van der Waals surface area contributed by atoms with Gasteiger partial charge in [0.05, 0.1) is 17.8 Å². The van der Waals surface area contributed by atoms with Crippen LogP contribution in [0.5, 0.6) is 0 Å². The minimum Gasteiger partial charge on any atom is -0.361 e. The molecule has 0 unspecified atom stereocenters. The normalized spacial score (nSPS) is 10.5. The first-order valence-corrected chi connectivity index (χ1v) is 7.74. The Hall–Kier alpha value is -2.22. The zero-order valence-electron chi connectivity index (χ0n) is 12.7. The number of carbonyl (C=O) groups excluding carboxylic acids is 2. The first-order chi connectivity index (χ1) is 10.5. The third-order valence-corrected chi connectivity index (χ3v) is 4.01. The van der Waals surface area contributed by atoms with Gasteiger partial charge in [-0.2, -0.15) is 0 Å². The molecule has 2 rings (SSSR count). The second-order valence-corrected chi connectivity index (χ2v) is 5.70. The smallest absolute Gasteiger partial charge is 0.226 e. The van der Waals surface area contributed by atoms with Gasteiger partial charge >= 0.3 is 0 Å². The largest absolute Gasteiger partial charge is 0.361 e. The first kappa shape index (κ1) is 16.2. The minimum atomic E-state index is -0.124. The highest BCUT2D eigenvalue weighted by atomic mass is 32.1. The van der Waals surface area contributed by atoms with Crippen molar-refractivity contribution in [2.75, 3.05) is 12.4 Å². The molecule has 2 N–H and O–H groups in total. The van der Waals surface area contributed by atoms with Crippen molar-refractivity contribution < 1.29 is 14.1 Å². The lowest BCUT2D eigenvalue weighted by Crippen LogP contribution is -2.20. The number of nitrogens with one attached hydrogen (secondary N) is 2. The molecule has 0 spiro atoms. The van der Waals surface area contributed by atoms with Crippen LogP contribution in [-0.4, -0.2) is 29.0 Å². The highest BCUT2D eigenvalue weighted by Gasteiger charge is 2.13. The van der Waals surface area contributed by atoms with Crippen LogP contribution in [0, 0.1) is 13.8 Å². The fraction of sp³-hybridized carbons (Fsp3) is 0.429. The van der Waals surface area contributed by atoms with Crippen LogP contribution in [0.3, 0.4) is 0 Å². The van der Waals surface area contributed by atoms with Gasteiger partial charge in [0.1, 0.15) is 5.76 Å². The number of nitrogens with zero attached hydrogens (tertiary/aromatic N) is 2. The summed E-state index contributed by atoms with van der Waals surface area (Å²) in [4.78, 5) is 27.4. The number of anilines is 1. The molecular formula is C14H18N4O3S. The summed E-state index contributed by atoms with van der Waals surface area (Å²) in [5.41, 5.74) is 2.42. The number of thiazole rings is 1. The van der Waals surface area contributed by atoms with Crippen molar-refractivity contribution >= 4 is 28.3 Å². The molecule has 2 heterocycles. The van der Waals surface area contributed by atoms with Crippen LogP contribution in [-0.2, 0) is 22.4 Å². The molecule has 0 aliphatic rings. The maximum atomic E-state index is 11.9. The Kier molecular flexibility index (Phi) is 5.26. The van der Waals surface area contributed by atoms with Crippen molar-refractivity contribution in [2.45, 2.75) is 33.1 Å². The van der Waals surface area contributed by atoms with Crippen LogP contribution in [0.4, 0.5) is 5.13 Å². The minimum absolute atomic E-state index is 0.110. The number of amides is 2. The predicted octanol–water partition coefficient (Wildman–Crippen LogP) is 1.61. The summed E-state index contributed by atoms with van der Waals surface area (Å²) in [5, 5.41) is 11.4. The monoisotopic (exact) mass is 322 g/mol. The molecule has 2 aromatic heterocycles. The van der Waals surface area contributed by atoms with Gasteiger partial charge in [-0.25, -0.2) is 4.98 Å². The maximum Gasteiger partial charge on any atom is 0.226 e. The van der Waals surface area contributed by atoms with Crippen LogP contribution in [0.25, 0.3) is 0 Å². The second-order valence-electron chi connectivity index (χ2n) is 4.84. The van der Waals surface area contributed by atoms with E-state index in [1.165, 1.54) is 11.3 Å². The molecule has 0 saturated heterocycles. The van der Waals surface area contributed by atoms with Crippen LogP contribution in [0.15, 0.2) is 9.90 Å². The van der Waals surface area contributed by atoms with Gasteiger partial charge in [-0.15, -0.1) is 11.3 Å². The summed E-state index contributed by atoms with van der Waals surface area (Å²) in [6.07, 6.45) is 1.11. The van der Waals surface area contributed by atoms with Gasteiger partial charge in [0.15, 0.2) is 5.13 Å². The van der Waals surface area contributed by atoms with E-state index in [1.54, 1.807) is 12.4 Å². The average molecular weight is 322 g/mol. The van der Waals surface area contributed by atoms with Gasteiger partial charge in [0.25, 0.3) is 0 Å². The molecule has 0 aliphatic carbocycles. The number of hydrogen-bond donors (Lipinski definition) is 2. The number of hydrogen-bond acceptors (Lipinski definition) is 6.